The standard InChI is InChI=1S/C9H17N3S/c1-4-9(3,5-2)12-8-11-6-7(10)13-8/h6H,4-5,10H2,1-3H3,(H,11,12). The molecule has 0 spiro atoms. The molecule has 0 fully saturated rings. The van der Waals surface area contributed by atoms with Crippen molar-refractivity contribution in [2.75, 3.05) is 11.1 Å². The van der Waals surface area contributed by atoms with Crippen LogP contribution in [0.25, 0.3) is 0 Å². The number of aromatic nitrogens is 1. The van der Waals surface area contributed by atoms with Gasteiger partial charge in [-0.1, -0.05) is 25.2 Å². The lowest BCUT2D eigenvalue weighted by molar-refractivity contribution is 0.478. The largest absolute Gasteiger partial charge is 0.389 e. The summed E-state index contributed by atoms with van der Waals surface area (Å²) in [5.41, 5.74) is 5.74. The van der Waals surface area contributed by atoms with Crippen LogP contribution in [0.1, 0.15) is 33.6 Å². The van der Waals surface area contributed by atoms with Crippen molar-refractivity contribution in [3.8, 4) is 0 Å². The van der Waals surface area contributed by atoms with Crippen LogP contribution in [0.3, 0.4) is 0 Å². The van der Waals surface area contributed by atoms with E-state index in [1.54, 1.807) is 6.20 Å². The van der Waals surface area contributed by atoms with Crippen molar-refractivity contribution in [3.05, 3.63) is 6.20 Å². The fourth-order valence-corrected chi connectivity index (χ4v) is 1.76. The van der Waals surface area contributed by atoms with E-state index in [0.717, 1.165) is 23.0 Å². The number of hydrogen-bond donors (Lipinski definition) is 2. The maximum atomic E-state index is 5.60. The number of hydrogen-bond acceptors (Lipinski definition) is 4. The fourth-order valence-electron chi connectivity index (χ4n) is 1.03. The average molecular weight is 199 g/mol. The molecule has 1 rings (SSSR count). The highest BCUT2D eigenvalue weighted by atomic mass is 32.1. The van der Waals surface area contributed by atoms with E-state index in [1.807, 2.05) is 0 Å². The summed E-state index contributed by atoms with van der Waals surface area (Å²) in [6.07, 6.45) is 3.87. The number of anilines is 2. The summed E-state index contributed by atoms with van der Waals surface area (Å²) in [4.78, 5) is 4.18. The third kappa shape index (κ3) is 2.59. The van der Waals surface area contributed by atoms with Crippen LogP contribution >= 0.6 is 11.3 Å². The number of nitrogens with one attached hydrogen (secondary N) is 1. The molecule has 1 heterocycles. The van der Waals surface area contributed by atoms with Crippen LogP contribution in [0.15, 0.2) is 6.20 Å². The molecule has 4 heteroatoms. The molecular weight excluding hydrogens is 182 g/mol. The lowest BCUT2D eigenvalue weighted by Gasteiger charge is -2.27. The van der Waals surface area contributed by atoms with Gasteiger partial charge in [0, 0.05) is 5.54 Å². The Morgan fingerprint density at radius 1 is 1.54 bits per heavy atom. The van der Waals surface area contributed by atoms with Gasteiger partial charge in [-0.15, -0.1) is 0 Å². The highest BCUT2D eigenvalue weighted by molar-refractivity contribution is 7.19. The van der Waals surface area contributed by atoms with Crippen molar-refractivity contribution in [1.29, 1.82) is 0 Å². The van der Waals surface area contributed by atoms with Crippen molar-refractivity contribution in [2.45, 2.75) is 39.2 Å². The molecule has 0 saturated carbocycles. The van der Waals surface area contributed by atoms with E-state index >= 15 is 0 Å². The molecule has 1 aromatic heterocycles. The van der Waals surface area contributed by atoms with Crippen LogP contribution in [0.2, 0.25) is 0 Å². The second-order valence-electron chi connectivity index (χ2n) is 3.46. The highest BCUT2D eigenvalue weighted by Crippen LogP contribution is 2.26. The van der Waals surface area contributed by atoms with Gasteiger partial charge in [-0.2, -0.15) is 0 Å². The second-order valence-corrected chi connectivity index (χ2v) is 4.52. The van der Waals surface area contributed by atoms with Crippen molar-refractivity contribution >= 4 is 21.5 Å². The van der Waals surface area contributed by atoms with E-state index in [0.29, 0.717) is 0 Å². The van der Waals surface area contributed by atoms with E-state index < -0.39 is 0 Å². The summed E-state index contributed by atoms with van der Waals surface area (Å²) in [6.45, 7) is 6.55. The van der Waals surface area contributed by atoms with Crippen LogP contribution in [-0.2, 0) is 0 Å². The summed E-state index contributed by atoms with van der Waals surface area (Å²) >= 11 is 1.50. The van der Waals surface area contributed by atoms with Gasteiger partial charge >= 0.3 is 0 Å². The Labute approximate surface area is 83.4 Å². The van der Waals surface area contributed by atoms with Crippen molar-refractivity contribution in [2.24, 2.45) is 0 Å². The van der Waals surface area contributed by atoms with Crippen LogP contribution in [0.4, 0.5) is 10.1 Å². The van der Waals surface area contributed by atoms with E-state index in [9.17, 15) is 0 Å². The zero-order chi connectivity index (χ0) is 9.90. The zero-order valence-electron chi connectivity index (χ0n) is 8.42. The molecule has 0 aromatic carbocycles. The van der Waals surface area contributed by atoms with E-state index in [1.165, 1.54) is 11.3 Å². The normalized spacial score (nSPS) is 11.6. The number of thiazole rings is 1. The first-order chi connectivity index (χ1) is 6.09. The van der Waals surface area contributed by atoms with Gasteiger partial charge in [0.05, 0.1) is 6.20 Å². The first-order valence-electron chi connectivity index (χ1n) is 4.59. The number of nitrogens with two attached hydrogens (primary N) is 1. The van der Waals surface area contributed by atoms with Gasteiger partial charge in [-0.3, -0.25) is 0 Å². The molecule has 74 valence electrons. The Morgan fingerprint density at radius 3 is 2.54 bits per heavy atom. The Balaban J connectivity index is 2.67. The Hall–Kier alpha value is -0.770. The minimum atomic E-state index is 0.143. The van der Waals surface area contributed by atoms with Gasteiger partial charge in [0.1, 0.15) is 5.00 Å². The lowest BCUT2D eigenvalue weighted by atomic mass is 9.96. The summed E-state index contributed by atoms with van der Waals surface area (Å²) in [7, 11) is 0. The zero-order valence-corrected chi connectivity index (χ0v) is 9.24. The Bertz CT molecular complexity index is 266. The maximum Gasteiger partial charge on any atom is 0.185 e. The Kier molecular flexibility index (Phi) is 3.14. The minimum Gasteiger partial charge on any atom is -0.389 e. The van der Waals surface area contributed by atoms with Crippen LogP contribution in [0.5, 0.6) is 0 Å². The van der Waals surface area contributed by atoms with Crippen molar-refractivity contribution < 1.29 is 0 Å². The molecule has 0 aliphatic carbocycles. The average Bonchev–Trinajstić information content (AvgIpc) is 2.51. The minimum absolute atomic E-state index is 0.143. The second kappa shape index (κ2) is 3.96. The molecule has 0 bridgehead atoms. The van der Waals surface area contributed by atoms with Crippen molar-refractivity contribution in [3.63, 3.8) is 0 Å². The van der Waals surface area contributed by atoms with Gasteiger partial charge in [-0.05, 0) is 19.8 Å². The quantitative estimate of drug-likeness (QED) is 0.784. The molecule has 3 N–H and O–H groups in total. The van der Waals surface area contributed by atoms with Gasteiger partial charge in [0.2, 0.25) is 0 Å². The molecule has 0 unspecified atom stereocenters. The topological polar surface area (TPSA) is 50.9 Å². The van der Waals surface area contributed by atoms with E-state index in [4.69, 9.17) is 5.73 Å². The van der Waals surface area contributed by atoms with Gasteiger partial charge in [0.25, 0.3) is 0 Å². The van der Waals surface area contributed by atoms with Gasteiger partial charge in [-0.25, -0.2) is 4.98 Å². The summed E-state index contributed by atoms with van der Waals surface area (Å²) in [5, 5.41) is 5.08. The third-order valence-electron chi connectivity index (χ3n) is 2.49. The monoisotopic (exact) mass is 199 g/mol. The number of nitrogens with zero attached hydrogens (tertiary/aromatic N) is 1. The summed E-state index contributed by atoms with van der Waals surface area (Å²) < 4.78 is 0. The lowest BCUT2D eigenvalue weighted by Crippen LogP contribution is -2.32. The molecule has 1 aromatic rings. The molecule has 0 saturated heterocycles. The van der Waals surface area contributed by atoms with Crippen molar-refractivity contribution in [1.82, 2.24) is 4.98 Å². The highest BCUT2D eigenvalue weighted by Gasteiger charge is 2.19. The molecule has 0 aliphatic heterocycles. The first-order valence-corrected chi connectivity index (χ1v) is 5.41. The Morgan fingerprint density at radius 2 is 2.15 bits per heavy atom. The number of rotatable bonds is 4. The summed E-state index contributed by atoms with van der Waals surface area (Å²) in [5.74, 6) is 0. The molecule has 3 nitrogen and oxygen atoms in total. The third-order valence-corrected chi connectivity index (χ3v) is 3.23. The van der Waals surface area contributed by atoms with Gasteiger partial charge in [0.15, 0.2) is 5.13 Å². The van der Waals surface area contributed by atoms with Crippen LogP contribution in [-0.4, -0.2) is 10.5 Å². The molecule has 0 radical (unpaired) electrons. The number of nitrogen functional groups attached to an aromatic ring is 1. The molecule has 0 atom stereocenters. The smallest absolute Gasteiger partial charge is 0.185 e. The molecular formula is C9H17N3S. The first kappa shape index (κ1) is 10.3. The van der Waals surface area contributed by atoms with Gasteiger partial charge < -0.3 is 11.1 Å². The molecule has 13 heavy (non-hydrogen) atoms. The van der Waals surface area contributed by atoms with E-state index in [2.05, 4.69) is 31.1 Å². The van der Waals surface area contributed by atoms with Crippen LogP contribution in [0, 0.1) is 0 Å². The van der Waals surface area contributed by atoms with Crippen LogP contribution < -0.4 is 11.1 Å². The SMILES string of the molecule is CCC(C)(CC)Nc1ncc(N)s1. The summed E-state index contributed by atoms with van der Waals surface area (Å²) in [6, 6.07) is 0. The fraction of sp³-hybridized carbons (Fsp3) is 0.667. The predicted octanol–water partition coefficient (Wildman–Crippen LogP) is 2.72. The van der Waals surface area contributed by atoms with E-state index in [-0.39, 0.29) is 5.54 Å². The predicted molar refractivity (Wildman–Crippen MR) is 59.1 cm³/mol. The molecule has 0 amide bonds. The maximum absolute atomic E-state index is 5.60. The molecule has 0 aliphatic rings.